The van der Waals surface area contributed by atoms with E-state index in [-0.39, 0.29) is 4.90 Å². The first kappa shape index (κ1) is 20.4. The Hall–Kier alpha value is -1.83. The van der Waals surface area contributed by atoms with Gasteiger partial charge in [0, 0.05) is 22.4 Å². The summed E-state index contributed by atoms with van der Waals surface area (Å²) in [7, 11) is -3.73. The van der Waals surface area contributed by atoms with Crippen LogP contribution in [-0.4, -0.2) is 19.6 Å². The van der Waals surface area contributed by atoms with Crippen LogP contribution in [0.25, 0.3) is 0 Å². The molecule has 2 aliphatic carbocycles. The molecule has 0 heterocycles. The van der Waals surface area contributed by atoms with Gasteiger partial charge in [0.15, 0.2) is 5.11 Å². The number of anilines is 2. The Morgan fingerprint density at radius 1 is 1.10 bits per heavy atom. The van der Waals surface area contributed by atoms with Gasteiger partial charge in [0.05, 0.1) is 4.90 Å². The number of fused-ring (bicyclic) bond motifs is 2. The lowest BCUT2D eigenvalue weighted by atomic mass is 9.95. The van der Waals surface area contributed by atoms with Crippen molar-refractivity contribution in [2.75, 3.05) is 10.0 Å². The molecule has 154 valence electrons. The van der Waals surface area contributed by atoms with Crippen molar-refractivity contribution in [2.45, 2.75) is 43.5 Å². The minimum Gasteiger partial charge on any atom is -0.359 e. The van der Waals surface area contributed by atoms with Gasteiger partial charge in [-0.1, -0.05) is 24.1 Å². The molecular formula is C21H24ClN3O2S2. The van der Waals surface area contributed by atoms with Gasteiger partial charge in [-0.25, -0.2) is 8.42 Å². The van der Waals surface area contributed by atoms with Gasteiger partial charge in [0.2, 0.25) is 0 Å². The molecule has 3 N–H and O–H groups in total. The zero-order chi connectivity index (χ0) is 20.6. The molecule has 8 heteroatoms. The Balaban J connectivity index is 1.46. The number of hydrogen-bond donors (Lipinski definition) is 3. The van der Waals surface area contributed by atoms with Gasteiger partial charge in [-0.2, -0.15) is 0 Å². The van der Waals surface area contributed by atoms with Crippen molar-refractivity contribution in [3.8, 4) is 0 Å². The molecule has 2 aromatic carbocycles. The summed E-state index contributed by atoms with van der Waals surface area (Å²) in [6.07, 6.45) is 5.07. The van der Waals surface area contributed by atoms with E-state index in [0.29, 0.717) is 33.5 Å². The number of nitrogens with one attached hydrogen (secondary N) is 3. The fraction of sp³-hybridized carbons (Fsp3) is 0.381. The highest BCUT2D eigenvalue weighted by Crippen LogP contribution is 2.44. The standard InChI is InChI=1S/C21H24ClN3O2S2/c1-13-2-9-18(29(26,27)25-17-7-5-16(22)6-8-17)12-19(13)23-21(28)24-20-11-14-3-4-15(20)10-14/h2,5-9,12,14-15,20,25H,3-4,10-11H2,1H3,(H2,23,24,28). The van der Waals surface area contributed by atoms with Crippen LogP contribution in [0, 0.1) is 18.8 Å². The lowest BCUT2D eigenvalue weighted by Gasteiger charge is -2.25. The molecule has 0 aliphatic heterocycles. The summed E-state index contributed by atoms with van der Waals surface area (Å²) in [6, 6.07) is 11.9. The van der Waals surface area contributed by atoms with E-state index in [9.17, 15) is 8.42 Å². The number of sulfonamides is 1. The summed E-state index contributed by atoms with van der Waals surface area (Å²) < 4.78 is 28.1. The Bertz CT molecular complexity index is 1020. The molecule has 0 saturated heterocycles. The quantitative estimate of drug-likeness (QED) is 0.565. The van der Waals surface area contributed by atoms with Crippen molar-refractivity contribution in [1.82, 2.24) is 5.32 Å². The molecule has 2 aliphatic rings. The number of benzene rings is 2. The van der Waals surface area contributed by atoms with Gasteiger partial charge in [-0.15, -0.1) is 0 Å². The second kappa shape index (κ2) is 8.13. The average Bonchev–Trinajstić information content (AvgIpc) is 3.28. The molecule has 2 aromatic rings. The maximum Gasteiger partial charge on any atom is 0.261 e. The average molecular weight is 450 g/mol. The molecule has 4 rings (SSSR count). The van der Waals surface area contributed by atoms with E-state index >= 15 is 0 Å². The molecule has 0 amide bonds. The van der Waals surface area contributed by atoms with E-state index in [1.165, 1.54) is 25.7 Å². The largest absolute Gasteiger partial charge is 0.359 e. The summed E-state index contributed by atoms with van der Waals surface area (Å²) in [6.45, 7) is 1.92. The van der Waals surface area contributed by atoms with Crippen LogP contribution in [0.1, 0.15) is 31.2 Å². The normalized spacial score (nSPS) is 23.0. The molecule has 0 aromatic heterocycles. The Morgan fingerprint density at radius 3 is 2.52 bits per heavy atom. The molecule has 2 fully saturated rings. The number of halogens is 1. The summed E-state index contributed by atoms with van der Waals surface area (Å²) in [4.78, 5) is 0.170. The van der Waals surface area contributed by atoms with Gasteiger partial charge in [0.25, 0.3) is 10.0 Å². The molecule has 0 radical (unpaired) electrons. The molecule has 2 saturated carbocycles. The lowest BCUT2D eigenvalue weighted by molar-refractivity contribution is 0.392. The molecule has 2 bridgehead atoms. The second-order valence-corrected chi connectivity index (χ2v) is 10.5. The zero-order valence-corrected chi connectivity index (χ0v) is 18.5. The van der Waals surface area contributed by atoms with E-state index in [2.05, 4.69) is 15.4 Å². The minimum atomic E-state index is -3.73. The van der Waals surface area contributed by atoms with Crippen molar-refractivity contribution in [3.05, 3.63) is 53.1 Å². The minimum absolute atomic E-state index is 0.170. The maximum absolute atomic E-state index is 12.8. The molecule has 5 nitrogen and oxygen atoms in total. The number of aryl methyl sites for hydroxylation is 1. The van der Waals surface area contributed by atoms with Gasteiger partial charge in [-0.05, 0) is 92.2 Å². The second-order valence-electron chi connectivity index (χ2n) is 7.97. The van der Waals surface area contributed by atoms with Gasteiger partial charge < -0.3 is 10.6 Å². The van der Waals surface area contributed by atoms with Crippen LogP contribution >= 0.6 is 23.8 Å². The highest BCUT2D eigenvalue weighted by Gasteiger charge is 2.39. The smallest absolute Gasteiger partial charge is 0.261 e. The third kappa shape index (κ3) is 4.68. The van der Waals surface area contributed by atoms with Crippen LogP contribution in [0.2, 0.25) is 5.02 Å². The highest BCUT2D eigenvalue weighted by atomic mass is 35.5. The van der Waals surface area contributed by atoms with E-state index in [1.54, 1.807) is 42.5 Å². The predicted octanol–water partition coefficient (Wildman–Crippen LogP) is 4.92. The summed E-state index contributed by atoms with van der Waals surface area (Å²) in [5, 5.41) is 7.72. The van der Waals surface area contributed by atoms with Crippen molar-refractivity contribution >= 4 is 50.3 Å². The predicted molar refractivity (Wildman–Crippen MR) is 122 cm³/mol. The SMILES string of the molecule is Cc1ccc(S(=O)(=O)Nc2ccc(Cl)cc2)cc1NC(=S)NC1CC2CCC1C2. The van der Waals surface area contributed by atoms with Crippen molar-refractivity contribution < 1.29 is 8.42 Å². The van der Waals surface area contributed by atoms with E-state index in [0.717, 1.165) is 11.5 Å². The molecule has 0 spiro atoms. The third-order valence-corrected chi connectivity index (χ3v) is 7.77. The van der Waals surface area contributed by atoms with Crippen LogP contribution in [-0.2, 0) is 10.0 Å². The maximum atomic E-state index is 12.8. The third-order valence-electron chi connectivity index (χ3n) is 5.92. The highest BCUT2D eigenvalue weighted by molar-refractivity contribution is 7.92. The van der Waals surface area contributed by atoms with Crippen molar-refractivity contribution in [2.24, 2.45) is 11.8 Å². The van der Waals surface area contributed by atoms with E-state index in [4.69, 9.17) is 23.8 Å². The van der Waals surface area contributed by atoms with Gasteiger partial charge in [-0.3, -0.25) is 4.72 Å². The summed E-state index contributed by atoms with van der Waals surface area (Å²) in [5.41, 5.74) is 2.06. The first-order valence-corrected chi connectivity index (χ1v) is 12.0. The summed E-state index contributed by atoms with van der Waals surface area (Å²) in [5.74, 6) is 1.53. The monoisotopic (exact) mass is 449 g/mol. The van der Waals surface area contributed by atoms with E-state index < -0.39 is 10.0 Å². The van der Waals surface area contributed by atoms with Crippen molar-refractivity contribution in [1.29, 1.82) is 0 Å². The Kier molecular flexibility index (Phi) is 5.73. The Labute approximate surface area is 182 Å². The van der Waals surface area contributed by atoms with Crippen LogP contribution in [0.15, 0.2) is 47.4 Å². The van der Waals surface area contributed by atoms with Crippen LogP contribution in [0.4, 0.5) is 11.4 Å². The Morgan fingerprint density at radius 2 is 1.86 bits per heavy atom. The topological polar surface area (TPSA) is 70.2 Å². The summed E-state index contributed by atoms with van der Waals surface area (Å²) >= 11 is 11.4. The van der Waals surface area contributed by atoms with Crippen LogP contribution in [0.5, 0.6) is 0 Å². The first-order valence-electron chi connectivity index (χ1n) is 9.77. The molecular weight excluding hydrogens is 426 g/mol. The molecule has 3 unspecified atom stereocenters. The molecule has 3 atom stereocenters. The van der Waals surface area contributed by atoms with Crippen LogP contribution < -0.4 is 15.4 Å². The number of rotatable bonds is 5. The fourth-order valence-corrected chi connectivity index (χ4v) is 5.85. The fourth-order valence-electron chi connectivity index (χ4n) is 4.38. The molecule has 29 heavy (non-hydrogen) atoms. The lowest BCUT2D eigenvalue weighted by Crippen LogP contribution is -2.40. The van der Waals surface area contributed by atoms with Gasteiger partial charge in [0.1, 0.15) is 0 Å². The zero-order valence-electron chi connectivity index (χ0n) is 16.1. The van der Waals surface area contributed by atoms with E-state index in [1.807, 2.05) is 6.92 Å². The van der Waals surface area contributed by atoms with Gasteiger partial charge >= 0.3 is 0 Å². The van der Waals surface area contributed by atoms with Crippen molar-refractivity contribution in [3.63, 3.8) is 0 Å². The first-order chi connectivity index (χ1) is 13.8. The number of thiocarbonyl (C=S) groups is 1. The number of hydrogen-bond acceptors (Lipinski definition) is 3. The van der Waals surface area contributed by atoms with Crippen LogP contribution in [0.3, 0.4) is 0 Å².